The second kappa shape index (κ2) is 8.44. The zero-order chi connectivity index (χ0) is 20.3. The molecule has 0 aliphatic rings. The summed E-state index contributed by atoms with van der Waals surface area (Å²) >= 11 is 6.13. The molecule has 5 heteroatoms. The van der Waals surface area contributed by atoms with E-state index in [1.165, 1.54) is 11.6 Å². The minimum absolute atomic E-state index is 0.165. The van der Waals surface area contributed by atoms with E-state index < -0.39 is 5.91 Å². The molecule has 28 heavy (non-hydrogen) atoms. The summed E-state index contributed by atoms with van der Waals surface area (Å²) in [5, 5.41) is 3.40. The fraction of sp³-hybridized carbons (Fsp3) is 0.217. The monoisotopic (exact) mass is 394 g/mol. The number of pyridine rings is 1. The van der Waals surface area contributed by atoms with Crippen LogP contribution in [0.2, 0.25) is 5.02 Å². The average Bonchev–Trinajstić information content (AvgIpc) is 2.66. The van der Waals surface area contributed by atoms with E-state index in [4.69, 9.17) is 11.6 Å². The number of aromatic nitrogens is 1. The van der Waals surface area contributed by atoms with E-state index in [9.17, 15) is 9.59 Å². The van der Waals surface area contributed by atoms with E-state index in [2.05, 4.69) is 17.4 Å². The van der Waals surface area contributed by atoms with Crippen molar-refractivity contribution < 1.29 is 4.79 Å². The maximum absolute atomic E-state index is 12.9. The molecule has 1 heterocycles. The van der Waals surface area contributed by atoms with E-state index in [1.54, 1.807) is 18.2 Å². The first-order valence-electron chi connectivity index (χ1n) is 9.20. The summed E-state index contributed by atoms with van der Waals surface area (Å²) in [7, 11) is 0. The van der Waals surface area contributed by atoms with Crippen molar-refractivity contribution in [2.24, 2.45) is 0 Å². The molecule has 0 bridgehead atoms. The predicted octanol–water partition coefficient (Wildman–Crippen LogP) is 4.92. The molecular formula is C23H23ClN2O2. The van der Waals surface area contributed by atoms with Gasteiger partial charge in [0.25, 0.3) is 5.91 Å². The number of hydrogen-bond acceptors (Lipinski definition) is 2. The second-order valence-corrected chi connectivity index (χ2v) is 7.27. The molecule has 3 aromatic rings. The number of carbonyl (C=O) groups excluding carboxylic acids is 1. The fourth-order valence-corrected chi connectivity index (χ4v) is 3.53. The molecule has 1 aromatic heterocycles. The molecule has 0 saturated carbocycles. The van der Waals surface area contributed by atoms with Gasteiger partial charge < -0.3 is 9.88 Å². The molecule has 4 nitrogen and oxygen atoms in total. The molecule has 2 aromatic carbocycles. The summed E-state index contributed by atoms with van der Waals surface area (Å²) in [6, 6.07) is 17.0. The van der Waals surface area contributed by atoms with Gasteiger partial charge in [0.2, 0.25) is 0 Å². The Kier molecular flexibility index (Phi) is 6.00. The smallest absolute Gasteiger partial charge is 0.261 e. The van der Waals surface area contributed by atoms with Gasteiger partial charge in [0, 0.05) is 34.7 Å². The molecular weight excluding hydrogens is 372 g/mol. The number of benzene rings is 2. The number of carbonyl (C=O) groups is 1. The minimum atomic E-state index is -0.415. The lowest BCUT2D eigenvalue weighted by Crippen LogP contribution is -2.27. The molecule has 0 unspecified atom stereocenters. The van der Waals surface area contributed by atoms with Crippen LogP contribution in [0.25, 0.3) is 0 Å². The van der Waals surface area contributed by atoms with Gasteiger partial charge in [-0.1, -0.05) is 48.0 Å². The SMILES string of the molecule is Cc1c(Cl)cccc1NC(=O)c1c(C)n(CCc2ccccc2)c(C)cc1=O. The summed E-state index contributed by atoms with van der Waals surface area (Å²) in [6.45, 7) is 6.23. The number of anilines is 1. The Morgan fingerprint density at radius 3 is 2.46 bits per heavy atom. The third-order valence-electron chi connectivity index (χ3n) is 4.99. The van der Waals surface area contributed by atoms with Gasteiger partial charge in [-0.05, 0) is 50.5 Å². The van der Waals surface area contributed by atoms with Crippen molar-refractivity contribution in [1.29, 1.82) is 0 Å². The van der Waals surface area contributed by atoms with Crippen LogP contribution in [-0.4, -0.2) is 10.5 Å². The van der Waals surface area contributed by atoms with Crippen LogP contribution >= 0.6 is 11.6 Å². The van der Waals surface area contributed by atoms with Crippen LogP contribution in [0.3, 0.4) is 0 Å². The lowest BCUT2D eigenvalue weighted by Gasteiger charge is -2.18. The Morgan fingerprint density at radius 2 is 1.75 bits per heavy atom. The van der Waals surface area contributed by atoms with E-state index in [1.807, 2.05) is 43.5 Å². The zero-order valence-corrected chi connectivity index (χ0v) is 17.0. The van der Waals surface area contributed by atoms with E-state index in [-0.39, 0.29) is 11.0 Å². The molecule has 3 rings (SSSR count). The maximum atomic E-state index is 12.9. The van der Waals surface area contributed by atoms with Crippen molar-refractivity contribution >= 4 is 23.2 Å². The van der Waals surface area contributed by atoms with Crippen molar-refractivity contribution in [3.63, 3.8) is 0 Å². The second-order valence-electron chi connectivity index (χ2n) is 6.86. The Balaban J connectivity index is 1.91. The third-order valence-corrected chi connectivity index (χ3v) is 5.40. The van der Waals surface area contributed by atoms with Gasteiger partial charge in [0.05, 0.1) is 0 Å². The Hall–Kier alpha value is -2.85. The van der Waals surface area contributed by atoms with Gasteiger partial charge >= 0.3 is 0 Å². The highest BCUT2D eigenvalue weighted by Gasteiger charge is 2.18. The van der Waals surface area contributed by atoms with Gasteiger partial charge in [-0.15, -0.1) is 0 Å². The molecule has 1 amide bonds. The van der Waals surface area contributed by atoms with Gasteiger partial charge in [0.15, 0.2) is 5.43 Å². The molecule has 0 aliphatic heterocycles. The number of amides is 1. The summed E-state index contributed by atoms with van der Waals surface area (Å²) in [5.74, 6) is -0.415. The first kappa shape index (κ1) is 19.9. The highest BCUT2D eigenvalue weighted by Crippen LogP contribution is 2.23. The molecule has 144 valence electrons. The van der Waals surface area contributed by atoms with E-state index >= 15 is 0 Å². The Bertz CT molecular complexity index is 1070. The summed E-state index contributed by atoms with van der Waals surface area (Å²) in [5.41, 5.74) is 3.98. The maximum Gasteiger partial charge on any atom is 0.261 e. The van der Waals surface area contributed by atoms with Crippen LogP contribution in [-0.2, 0) is 13.0 Å². The summed E-state index contributed by atoms with van der Waals surface area (Å²) in [6.07, 6.45) is 0.819. The van der Waals surface area contributed by atoms with Gasteiger partial charge in [0.1, 0.15) is 5.56 Å². The van der Waals surface area contributed by atoms with Gasteiger partial charge in [-0.25, -0.2) is 0 Å². The third kappa shape index (κ3) is 4.18. The Morgan fingerprint density at radius 1 is 1.04 bits per heavy atom. The van der Waals surface area contributed by atoms with Crippen molar-refractivity contribution in [2.75, 3.05) is 5.32 Å². The minimum Gasteiger partial charge on any atom is -0.348 e. The Labute approximate surface area is 169 Å². The number of nitrogens with one attached hydrogen (secondary N) is 1. The summed E-state index contributed by atoms with van der Waals surface area (Å²) in [4.78, 5) is 25.5. The average molecular weight is 395 g/mol. The molecule has 0 saturated heterocycles. The van der Waals surface area contributed by atoms with Crippen LogP contribution in [0, 0.1) is 20.8 Å². The normalized spacial score (nSPS) is 10.7. The zero-order valence-electron chi connectivity index (χ0n) is 16.3. The summed E-state index contributed by atoms with van der Waals surface area (Å²) < 4.78 is 2.02. The highest BCUT2D eigenvalue weighted by atomic mass is 35.5. The number of hydrogen-bond donors (Lipinski definition) is 1. The van der Waals surface area contributed by atoms with E-state index in [0.717, 1.165) is 17.7 Å². The lowest BCUT2D eigenvalue weighted by molar-refractivity contribution is 0.102. The first-order valence-corrected chi connectivity index (χ1v) is 9.57. The topological polar surface area (TPSA) is 51.1 Å². The molecule has 0 radical (unpaired) electrons. The molecule has 0 atom stereocenters. The van der Waals surface area contributed by atoms with Crippen LogP contribution in [0.5, 0.6) is 0 Å². The van der Waals surface area contributed by atoms with Crippen molar-refractivity contribution in [3.8, 4) is 0 Å². The predicted molar refractivity (Wildman–Crippen MR) is 114 cm³/mol. The first-order chi connectivity index (χ1) is 13.4. The van der Waals surface area contributed by atoms with Crippen molar-refractivity contribution in [2.45, 2.75) is 33.7 Å². The molecule has 0 spiro atoms. The highest BCUT2D eigenvalue weighted by molar-refractivity contribution is 6.31. The molecule has 0 aliphatic carbocycles. The number of nitrogens with zero attached hydrogens (tertiary/aromatic N) is 1. The van der Waals surface area contributed by atoms with Crippen molar-refractivity contribution in [1.82, 2.24) is 4.57 Å². The van der Waals surface area contributed by atoms with Crippen LogP contribution in [0.15, 0.2) is 59.4 Å². The lowest BCUT2D eigenvalue weighted by atomic mass is 10.1. The standard InChI is InChI=1S/C23H23ClN2O2/c1-15-14-21(27)22(23(28)25-20-11-7-10-19(24)16(20)2)17(3)26(15)13-12-18-8-5-4-6-9-18/h4-11,14H,12-13H2,1-3H3,(H,25,28). The molecule has 0 fully saturated rings. The van der Waals surface area contributed by atoms with Crippen LogP contribution in [0.4, 0.5) is 5.69 Å². The van der Waals surface area contributed by atoms with E-state index in [0.29, 0.717) is 22.9 Å². The van der Waals surface area contributed by atoms with Crippen LogP contribution < -0.4 is 10.7 Å². The van der Waals surface area contributed by atoms with Gasteiger partial charge in [-0.2, -0.15) is 0 Å². The fourth-order valence-electron chi connectivity index (χ4n) is 3.35. The number of rotatable bonds is 5. The van der Waals surface area contributed by atoms with Crippen molar-refractivity contribution in [3.05, 3.63) is 97.9 Å². The quantitative estimate of drug-likeness (QED) is 0.667. The largest absolute Gasteiger partial charge is 0.348 e. The molecule has 1 N–H and O–H groups in total. The number of aryl methyl sites for hydroxylation is 2. The van der Waals surface area contributed by atoms with Gasteiger partial charge in [-0.3, -0.25) is 9.59 Å². The number of halogens is 1. The van der Waals surface area contributed by atoms with Crippen LogP contribution in [0.1, 0.15) is 32.9 Å².